The molecule has 1 heterocycles. The number of pyridine rings is 1. The van der Waals surface area contributed by atoms with Gasteiger partial charge in [0.15, 0.2) is 0 Å². The Labute approximate surface area is 112 Å². The number of nitrogens with zero attached hydrogens (tertiary/aromatic N) is 2. The van der Waals surface area contributed by atoms with Crippen LogP contribution in [0.4, 0.5) is 0 Å². The molecule has 2 rings (SSSR count). The fraction of sp³-hybridized carbons (Fsp3) is 0.200. The smallest absolute Gasteiger partial charge is 0.237 e. The molecule has 1 N–H and O–H groups in total. The average Bonchev–Trinajstić information content (AvgIpc) is 2.40. The van der Waals surface area contributed by atoms with Gasteiger partial charge in [0.25, 0.3) is 0 Å². The molecule has 1 aromatic carbocycles. The van der Waals surface area contributed by atoms with E-state index in [1.807, 2.05) is 38.2 Å². The van der Waals surface area contributed by atoms with Gasteiger partial charge in [0.1, 0.15) is 17.4 Å². The third-order valence-corrected chi connectivity index (χ3v) is 2.73. The van der Waals surface area contributed by atoms with E-state index < -0.39 is 0 Å². The van der Waals surface area contributed by atoms with Gasteiger partial charge in [-0.3, -0.25) is 0 Å². The lowest BCUT2D eigenvalue weighted by molar-refractivity contribution is 0.460. The summed E-state index contributed by atoms with van der Waals surface area (Å²) in [5, 5.41) is 12.2. The molecule has 0 amide bonds. The Morgan fingerprint density at radius 3 is 2.95 bits per heavy atom. The lowest BCUT2D eigenvalue weighted by Crippen LogP contribution is -2.04. The largest absolute Gasteiger partial charge is 0.438 e. The van der Waals surface area contributed by atoms with Gasteiger partial charge in [-0.2, -0.15) is 5.26 Å². The number of aryl methyl sites for hydroxylation is 1. The van der Waals surface area contributed by atoms with Gasteiger partial charge in [-0.15, -0.1) is 0 Å². The summed E-state index contributed by atoms with van der Waals surface area (Å²) < 4.78 is 5.71. The zero-order chi connectivity index (χ0) is 13.7. The number of nitriles is 1. The second-order valence-electron chi connectivity index (χ2n) is 4.20. The fourth-order valence-corrected chi connectivity index (χ4v) is 1.78. The normalized spacial score (nSPS) is 9.95. The molecule has 2 aromatic rings. The molecular formula is C15H15N3O. The van der Waals surface area contributed by atoms with Crippen LogP contribution in [0.25, 0.3) is 0 Å². The average molecular weight is 253 g/mol. The summed E-state index contributed by atoms with van der Waals surface area (Å²) in [6.07, 6.45) is 1.64. The van der Waals surface area contributed by atoms with E-state index in [2.05, 4.69) is 16.4 Å². The Balaban J connectivity index is 2.29. The van der Waals surface area contributed by atoms with E-state index in [1.54, 1.807) is 12.3 Å². The second-order valence-corrected chi connectivity index (χ2v) is 4.20. The minimum Gasteiger partial charge on any atom is -0.438 e. The summed E-state index contributed by atoms with van der Waals surface area (Å²) in [6, 6.07) is 11.6. The highest BCUT2D eigenvalue weighted by molar-refractivity contribution is 5.45. The standard InChI is InChI=1S/C15H15N3O/c1-11-6-7-18-15(14(11)9-16)19-13-5-3-4-12(8-13)10-17-2/h3-8,17H,10H2,1-2H3. The maximum atomic E-state index is 9.14. The van der Waals surface area contributed by atoms with Crippen LogP contribution in [0.5, 0.6) is 11.6 Å². The van der Waals surface area contributed by atoms with E-state index in [0.29, 0.717) is 17.2 Å². The molecule has 0 saturated heterocycles. The molecule has 0 aliphatic carbocycles. The highest BCUT2D eigenvalue weighted by Crippen LogP contribution is 2.25. The Morgan fingerprint density at radius 2 is 2.21 bits per heavy atom. The molecule has 1 aromatic heterocycles. The zero-order valence-corrected chi connectivity index (χ0v) is 11.0. The van der Waals surface area contributed by atoms with Gasteiger partial charge in [-0.05, 0) is 43.3 Å². The number of aromatic nitrogens is 1. The van der Waals surface area contributed by atoms with Crippen LogP contribution < -0.4 is 10.1 Å². The van der Waals surface area contributed by atoms with Crippen molar-refractivity contribution in [3.05, 3.63) is 53.2 Å². The van der Waals surface area contributed by atoms with E-state index in [0.717, 1.165) is 17.7 Å². The van der Waals surface area contributed by atoms with Crippen molar-refractivity contribution in [1.82, 2.24) is 10.3 Å². The monoisotopic (exact) mass is 253 g/mol. The maximum absolute atomic E-state index is 9.14. The summed E-state index contributed by atoms with van der Waals surface area (Å²) in [4.78, 5) is 4.12. The molecule has 0 saturated carbocycles. The van der Waals surface area contributed by atoms with E-state index in [1.165, 1.54) is 0 Å². The fourth-order valence-electron chi connectivity index (χ4n) is 1.78. The van der Waals surface area contributed by atoms with Crippen molar-refractivity contribution in [2.45, 2.75) is 13.5 Å². The van der Waals surface area contributed by atoms with Gasteiger partial charge in [0.2, 0.25) is 5.88 Å². The molecule has 0 radical (unpaired) electrons. The summed E-state index contributed by atoms with van der Waals surface area (Å²) in [6.45, 7) is 2.63. The number of hydrogen-bond acceptors (Lipinski definition) is 4. The molecule has 0 aliphatic rings. The molecular weight excluding hydrogens is 238 g/mol. The van der Waals surface area contributed by atoms with Crippen molar-refractivity contribution in [2.75, 3.05) is 7.05 Å². The minimum atomic E-state index is 0.351. The van der Waals surface area contributed by atoms with Gasteiger partial charge in [-0.1, -0.05) is 12.1 Å². The predicted molar refractivity (Wildman–Crippen MR) is 73.0 cm³/mol. The van der Waals surface area contributed by atoms with Crippen LogP contribution in [0, 0.1) is 18.3 Å². The van der Waals surface area contributed by atoms with Gasteiger partial charge in [-0.25, -0.2) is 4.98 Å². The lowest BCUT2D eigenvalue weighted by Gasteiger charge is -2.09. The molecule has 96 valence electrons. The third kappa shape index (κ3) is 3.09. The van der Waals surface area contributed by atoms with Gasteiger partial charge >= 0.3 is 0 Å². The van der Waals surface area contributed by atoms with Crippen LogP contribution in [0.3, 0.4) is 0 Å². The Hall–Kier alpha value is -2.38. The van der Waals surface area contributed by atoms with Gasteiger partial charge < -0.3 is 10.1 Å². The molecule has 0 spiro atoms. The van der Waals surface area contributed by atoms with E-state index in [4.69, 9.17) is 10.00 Å². The van der Waals surface area contributed by atoms with Crippen LogP contribution >= 0.6 is 0 Å². The van der Waals surface area contributed by atoms with Crippen molar-refractivity contribution in [3.8, 4) is 17.7 Å². The van der Waals surface area contributed by atoms with Crippen LogP contribution in [-0.4, -0.2) is 12.0 Å². The lowest BCUT2D eigenvalue weighted by atomic mass is 10.2. The predicted octanol–water partition coefficient (Wildman–Crippen LogP) is 2.77. The molecule has 0 aliphatic heterocycles. The first kappa shape index (κ1) is 13.1. The summed E-state index contributed by atoms with van der Waals surface area (Å²) in [5.41, 5.74) is 2.45. The highest BCUT2D eigenvalue weighted by Gasteiger charge is 2.09. The van der Waals surface area contributed by atoms with Crippen molar-refractivity contribution in [2.24, 2.45) is 0 Å². The summed E-state index contributed by atoms with van der Waals surface area (Å²) >= 11 is 0. The summed E-state index contributed by atoms with van der Waals surface area (Å²) in [7, 11) is 1.89. The molecule has 19 heavy (non-hydrogen) atoms. The highest BCUT2D eigenvalue weighted by atomic mass is 16.5. The molecule has 0 bridgehead atoms. The van der Waals surface area contributed by atoms with Gasteiger partial charge in [0, 0.05) is 12.7 Å². The van der Waals surface area contributed by atoms with Crippen molar-refractivity contribution < 1.29 is 4.74 Å². The SMILES string of the molecule is CNCc1cccc(Oc2nccc(C)c2C#N)c1. The Bertz CT molecular complexity index is 617. The van der Waals surface area contributed by atoms with Crippen LogP contribution in [0.2, 0.25) is 0 Å². The first-order valence-corrected chi connectivity index (χ1v) is 6.01. The van der Waals surface area contributed by atoms with Crippen molar-refractivity contribution >= 4 is 0 Å². The number of nitrogens with one attached hydrogen (secondary N) is 1. The topological polar surface area (TPSA) is 57.9 Å². The number of benzene rings is 1. The first-order chi connectivity index (χ1) is 9.24. The molecule has 4 heteroatoms. The number of hydrogen-bond donors (Lipinski definition) is 1. The van der Waals surface area contributed by atoms with Crippen LogP contribution in [-0.2, 0) is 6.54 Å². The Kier molecular flexibility index (Phi) is 4.11. The van der Waals surface area contributed by atoms with Crippen LogP contribution in [0.15, 0.2) is 36.5 Å². The van der Waals surface area contributed by atoms with Crippen molar-refractivity contribution in [3.63, 3.8) is 0 Å². The van der Waals surface area contributed by atoms with E-state index in [-0.39, 0.29) is 0 Å². The van der Waals surface area contributed by atoms with Crippen molar-refractivity contribution in [1.29, 1.82) is 5.26 Å². The van der Waals surface area contributed by atoms with Crippen LogP contribution in [0.1, 0.15) is 16.7 Å². The minimum absolute atomic E-state index is 0.351. The quantitative estimate of drug-likeness (QED) is 0.910. The summed E-state index contributed by atoms with van der Waals surface area (Å²) in [5.74, 6) is 1.03. The van der Waals surface area contributed by atoms with E-state index >= 15 is 0 Å². The third-order valence-electron chi connectivity index (χ3n) is 2.73. The number of rotatable bonds is 4. The molecule has 4 nitrogen and oxygen atoms in total. The zero-order valence-electron chi connectivity index (χ0n) is 11.0. The molecule has 0 fully saturated rings. The first-order valence-electron chi connectivity index (χ1n) is 6.01. The Morgan fingerprint density at radius 1 is 1.37 bits per heavy atom. The maximum Gasteiger partial charge on any atom is 0.237 e. The van der Waals surface area contributed by atoms with E-state index in [9.17, 15) is 0 Å². The second kappa shape index (κ2) is 5.98. The molecule has 0 atom stereocenters. The van der Waals surface area contributed by atoms with Gasteiger partial charge in [0.05, 0.1) is 0 Å². The molecule has 0 unspecified atom stereocenters. The number of ether oxygens (including phenoxy) is 1.